The molecular formula is C15H20N2O3. The predicted molar refractivity (Wildman–Crippen MR) is 77.0 cm³/mol. The molecule has 1 aromatic rings. The van der Waals surface area contributed by atoms with Gasteiger partial charge < -0.3 is 15.0 Å². The van der Waals surface area contributed by atoms with Crippen molar-refractivity contribution < 1.29 is 14.3 Å². The van der Waals surface area contributed by atoms with E-state index in [0.29, 0.717) is 30.9 Å². The predicted octanol–water partition coefficient (Wildman–Crippen LogP) is 2.70. The molecule has 1 N–H and O–H groups in total. The summed E-state index contributed by atoms with van der Waals surface area (Å²) >= 11 is 0. The smallest absolute Gasteiger partial charge is 0.408 e. The number of hydrogen-bond acceptors (Lipinski definition) is 3. The summed E-state index contributed by atoms with van der Waals surface area (Å²) in [6.45, 7) is 3.33. The van der Waals surface area contributed by atoms with Crippen molar-refractivity contribution in [3.63, 3.8) is 0 Å². The quantitative estimate of drug-likeness (QED) is 0.841. The van der Waals surface area contributed by atoms with Crippen LogP contribution in [-0.4, -0.2) is 25.1 Å². The molecule has 0 saturated carbocycles. The van der Waals surface area contributed by atoms with Crippen molar-refractivity contribution in [3.8, 4) is 5.75 Å². The van der Waals surface area contributed by atoms with Crippen LogP contribution in [0.1, 0.15) is 32.6 Å². The summed E-state index contributed by atoms with van der Waals surface area (Å²) in [6, 6.07) is 7.14. The van der Waals surface area contributed by atoms with Crippen LogP contribution in [0.3, 0.4) is 0 Å². The van der Waals surface area contributed by atoms with Crippen LogP contribution in [0.5, 0.6) is 5.75 Å². The normalized spacial score (nSPS) is 14.4. The van der Waals surface area contributed by atoms with Gasteiger partial charge in [-0.25, -0.2) is 4.79 Å². The van der Waals surface area contributed by atoms with E-state index in [1.165, 1.54) is 0 Å². The zero-order valence-electron chi connectivity index (χ0n) is 11.7. The molecule has 1 fully saturated rings. The minimum atomic E-state index is -0.474. The Bertz CT molecular complexity index is 488. The molecule has 0 aromatic heterocycles. The molecule has 1 saturated heterocycles. The van der Waals surface area contributed by atoms with Crippen molar-refractivity contribution in [2.75, 3.05) is 18.0 Å². The summed E-state index contributed by atoms with van der Waals surface area (Å²) in [4.78, 5) is 25.2. The van der Waals surface area contributed by atoms with Gasteiger partial charge in [0, 0.05) is 19.5 Å². The minimum Gasteiger partial charge on any atom is -0.408 e. The lowest BCUT2D eigenvalue weighted by molar-refractivity contribution is -0.117. The van der Waals surface area contributed by atoms with Crippen molar-refractivity contribution in [1.82, 2.24) is 5.32 Å². The molecule has 0 atom stereocenters. The second-order valence-electron chi connectivity index (χ2n) is 4.79. The molecule has 0 spiro atoms. The first-order valence-electron chi connectivity index (χ1n) is 7.07. The van der Waals surface area contributed by atoms with E-state index in [9.17, 15) is 9.59 Å². The highest BCUT2D eigenvalue weighted by Crippen LogP contribution is 2.31. The number of benzene rings is 1. The first kappa shape index (κ1) is 14.4. The largest absolute Gasteiger partial charge is 0.412 e. The molecule has 0 bridgehead atoms. The number of hydrogen-bond donors (Lipinski definition) is 1. The molecule has 5 nitrogen and oxygen atoms in total. The molecule has 1 aromatic carbocycles. The van der Waals surface area contributed by atoms with Gasteiger partial charge in [0.1, 0.15) is 0 Å². The van der Waals surface area contributed by atoms with Gasteiger partial charge >= 0.3 is 6.09 Å². The summed E-state index contributed by atoms with van der Waals surface area (Å²) in [7, 11) is 0. The lowest BCUT2D eigenvalue weighted by Crippen LogP contribution is -2.29. The Kier molecular flexibility index (Phi) is 4.98. The monoisotopic (exact) mass is 276 g/mol. The summed E-state index contributed by atoms with van der Waals surface area (Å²) < 4.78 is 5.31. The van der Waals surface area contributed by atoms with Crippen molar-refractivity contribution >= 4 is 17.7 Å². The molecule has 5 heteroatoms. The van der Waals surface area contributed by atoms with Gasteiger partial charge in [0.05, 0.1) is 5.69 Å². The van der Waals surface area contributed by atoms with Crippen molar-refractivity contribution in [2.24, 2.45) is 0 Å². The second kappa shape index (κ2) is 6.93. The molecule has 1 aliphatic rings. The molecular weight excluding hydrogens is 256 g/mol. The Morgan fingerprint density at radius 3 is 2.90 bits per heavy atom. The van der Waals surface area contributed by atoms with Gasteiger partial charge in [-0.05, 0) is 25.0 Å². The van der Waals surface area contributed by atoms with Gasteiger partial charge in [-0.2, -0.15) is 0 Å². The topological polar surface area (TPSA) is 58.6 Å². The third kappa shape index (κ3) is 3.50. The molecule has 0 unspecified atom stereocenters. The van der Waals surface area contributed by atoms with Crippen molar-refractivity contribution in [2.45, 2.75) is 32.6 Å². The number of unbranched alkanes of at least 4 members (excludes halogenated alkanes) is 1. The molecule has 0 aliphatic carbocycles. The third-order valence-electron chi connectivity index (χ3n) is 3.23. The average molecular weight is 276 g/mol. The van der Waals surface area contributed by atoms with Crippen LogP contribution in [-0.2, 0) is 4.79 Å². The molecule has 108 valence electrons. The van der Waals surface area contributed by atoms with Gasteiger partial charge in [-0.3, -0.25) is 4.79 Å². The zero-order valence-corrected chi connectivity index (χ0v) is 11.7. The summed E-state index contributed by atoms with van der Waals surface area (Å²) in [6.07, 6.45) is 2.85. The Morgan fingerprint density at radius 2 is 2.20 bits per heavy atom. The summed E-state index contributed by atoms with van der Waals surface area (Å²) in [5, 5.41) is 2.70. The van der Waals surface area contributed by atoms with Crippen LogP contribution in [0, 0.1) is 0 Å². The number of rotatable bonds is 5. The number of nitrogens with zero attached hydrogens (tertiary/aromatic N) is 1. The van der Waals surface area contributed by atoms with E-state index < -0.39 is 6.09 Å². The van der Waals surface area contributed by atoms with Crippen LogP contribution in [0.2, 0.25) is 0 Å². The van der Waals surface area contributed by atoms with E-state index in [2.05, 4.69) is 12.2 Å². The standard InChI is InChI=1S/C15H20N2O3/c1-2-3-10-16-15(19)20-13-8-5-4-7-12(13)17-11-6-9-14(17)18/h4-5,7-8H,2-3,6,9-11H2,1H3,(H,16,19). The lowest BCUT2D eigenvalue weighted by Gasteiger charge is -2.19. The van der Waals surface area contributed by atoms with Crippen molar-refractivity contribution in [3.05, 3.63) is 24.3 Å². The molecule has 0 radical (unpaired) electrons. The van der Waals surface area contributed by atoms with E-state index in [0.717, 1.165) is 19.3 Å². The highest BCUT2D eigenvalue weighted by molar-refractivity contribution is 5.97. The fraction of sp³-hybridized carbons (Fsp3) is 0.467. The fourth-order valence-electron chi connectivity index (χ4n) is 2.17. The summed E-state index contributed by atoms with van der Waals surface area (Å²) in [5.74, 6) is 0.504. The van der Waals surface area contributed by atoms with E-state index in [4.69, 9.17) is 4.74 Å². The SMILES string of the molecule is CCCCNC(=O)Oc1ccccc1N1CCCC1=O. The minimum absolute atomic E-state index is 0.0763. The van der Waals surface area contributed by atoms with E-state index in [1.54, 1.807) is 23.1 Å². The highest BCUT2D eigenvalue weighted by Gasteiger charge is 2.24. The maximum atomic E-state index is 11.8. The van der Waals surface area contributed by atoms with Crippen LogP contribution in [0.25, 0.3) is 0 Å². The third-order valence-corrected chi connectivity index (χ3v) is 3.23. The number of carbonyl (C=O) groups is 2. The molecule has 2 amide bonds. The van der Waals surface area contributed by atoms with Crippen LogP contribution in [0.4, 0.5) is 10.5 Å². The lowest BCUT2D eigenvalue weighted by atomic mass is 10.2. The Balaban J connectivity index is 2.04. The molecule has 1 aliphatic heterocycles. The number of ether oxygens (including phenoxy) is 1. The van der Waals surface area contributed by atoms with Gasteiger partial charge in [0.15, 0.2) is 5.75 Å². The zero-order chi connectivity index (χ0) is 14.4. The number of anilines is 1. The van der Waals surface area contributed by atoms with Gasteiger partial charge in [0.25, 0.3) is 0 Å². The second-order valence-corrected chi connectivity index (χ2v) is 4.79. The van der Waals surface area contributed by atoms with Gasteiger partial charge in [-0.15, -0.1) is 0 Å². The summed E-state index contributed by atoms with van der Waals surface area (Å²) in [5.41, 5.74) is 0.667. The van der Waals surface area contributed by atoms with Crippen LogP contribution < -0.4 is 15.0 Å². The Morgan fingerprint density at radius 1 is 1.40 bits per heavy atom. The Hall–Kier alpha value is -2.04. The van der Waals surface area contributed by atoms with Crippen LogP contribution in [0.15, 0.2) is 24.3 Å². The van der Waals surface area contributed by atoms with E-state index in [1.807, 2.05) is 6.07 Å². The molecule has 1 heterocycles. The van der Waals surface area contributed by atoms with E-state index >= 15 is 0 Å². The van der Waals surface area contributed by atoms with Crippen molar-refractivity contribution in [1.29, 1.82) is 0 Å². The Labute approximate surface area is 118 Å². The van der Waals surface area contributed by atoms with Gasteiger partial charge in [-0.1, -0.05) is 25.5 Å². The number of amides is 2. The highest BCUT2D eigenvalue weighted by atomic mass is 16.6. The maximum absolute atomic E-state index is 11.8. The number of carbonyl (C=O) groups excluding carboxylic acids is 2. The van der Waals surface area contributed by atoms with Crippen LogP contribution >= 0.6 is 0 Å². The first-order chi connectivity index (χ1) is 9.72. The fourth-order valence-corrected chi connectivity index (χ4v) is 2.17. The van der Waals surface area contributed by atoms with E-state index in [-0.39, 0.29) is 5.91 Å². The average Bonchev–Trinajstić information content (AvgIpc) is 2.86. The van der Waals surface area contributed by atoms with Gasteiger partial charge in [0.2, 0.25) is 5.91 Å². The number of para-hydroxylation sites is 2. The number of nitrogens with one attached hydrogen (secondary N) is 1. The first-order valence-corrected chi connectivity index (χ1v) is 7.07. The molecule has 2 rings (SSSR count). The molecule has 20 heavy (non-hydrogen) atoms. The maximum Gasteiger partial charge on any atom is 0.412 e.